The lowest BCUT2D eigenvalue weighted by Gasteiger charge is -2.47. The number of carboxylic acids is 1. The van der Waals surface area contributed by atoms with E-state index in [2.05, 4.69) is 35.0 Å². The molecule has 4 heterocycles. The van der Waals surface area contributed by atoms with Crippen molar-refractivity contribution >= 4 is 29.3 Å². The minimum Gasteiger partial charge on any atom is -0.481 e. The molecule has 4 fully saturated rings. The number of carboxylic acid groups (broad SMARTS) is 1. The van der Waals surface area contributed by atoms with Gasteiger partial charge in [-0.1, -0.05) is 0 Å². The number of hydrazine groups is 1. The number of aliphatic carboxylic acids is 1. The van der Waals surface area contributed by atoms with E-state index in [0.29, 0.717) is 36.9 Å². The molecule has 0 amide bonds. The predicted octanol–water partition coefficient (Wildman–Crippen LogP) is 2.18. The zero-order chi connectivity index (χ0) is 30.2. The largest absolute Gasteiger partial charge is 0.481 e. The molecule has 3 saturated heterocycles. The summed E-state index contributed by atoms with van der Waals surface area (Å²) in [5.41, 5.74) is 8.49. The van der Waals surface area contributed by atoms with E-state index in [1.165, 1.54) is 0 Å². The zero-order valence-electron chi connectivity index (χ0n) is 25.8. The number of aromatic nitrogens is 2. The fraction of sp³-hybridized carbons (Fsp3) is 0.839. The maximum absolute atomic E-state index is 13.8. The molecule has 5 aliphatic rings. The maximum atomic E-state index is 13.8. The highest BCUT2D eigenvalue weighted by Gasteiger charge is 2.51. The number of rotatable bonds is 9. The molecule has 1 saturated carbocycles. The SMILES string of the molecule is Cc1nc2c(c(=O)n1CCOC1CCC(Cl)CC1C1CC(C)NC3C(C(=O)O)CSC13)CC(N(C)CC1CCNN1)CC2. The van der Waals surface area contributed by atoms with E-state index in [9.17, 15) is 14.7 Å². The third-order valence-electron chi connectivity index (χ3n) is 10.8. The summed E-state index contributed by atoms with van der Waals surface area (Å²) >= 11 is 8.55. The van der Waals surface area contributed by atoms with Gasteiger partial charge in [-0.2, -0.15) is 11.8 Å². The van der Waals surface area contributed by atoms with E-state index in [-0.39, 0.29) is 46.2 Å². The highest BCUT2D eigenvalue weighted by molar-refractivity contribution is 8.00. The van der Waals surface area contributed by atoms with Crippen LogP contribution in [0.3, 0.4) is 0 Å². The van der Waals surface area contributed by atoms with Crippen LogP contribution in [-0.2, 0) is 28.9 Å². The van der Waals surface area contributed by atoms with Crippen molar-refractivity contribution < 1.29 is 14.6 Å². The van der Waals surface area contributed by atoms with Crippen molar-refractivity contribution in [3.8, 4) is 0 Å². The monoisotopic (exact) mass is 636 g/mol. The Balaban J connectivity index is 1.12. The van der Waals surface area contributed by atoms with Gasteiger partial charge in [0.25, 0.3) is 5.56 Å². The molecule has 10 unspecified atom stereocenters. The molecule has 43 heavy (non-hydrogen) atoms. The van der Waals surface area contributed by atoms with Crippen molar-refractivity contribution in [2.75, 3.05) is 32.5 Å². The predicted molar refractivity (Wildman–Crippen MR) is 170 cm³/mol. The van der Waals surface area contributed by atoms with Crippen molar-refractivity contribution in [1.29, 1.82) is 0 Å². The first-order chi connectivity index (χ1) is 20.7. The molecule has 2 aliphatic carbocycles. The number of fused-ring (bicyclic) bond motifs is 2. The molecule has 12 heteroatoms. The van der Waals surface area contributed by atoms with E-state index in [4.69, 9.17) is 21.3 Å². The van der Waals surface area contributed by atoms with Gasteiger partial charge in [-0.3, -0.25) is 25.0 Å². The Labute approximate surface area is 264 Å². The van der Waals surface area contributed by atoms with Gasteiger partial charge in [0.05, 0.1) is 30.9 Å². The fourth-order valence-electron chi connectivity index (χ4n) is 8.53. The lowest BCUT2D eigenvalue weighted by Crippen LogP contribution is -2.57. The molecule has 4 N–H and O–H groups in total. The van der Waals surface area contributed by atoms with Crippen molar-refractivity contribution in [1.82, 2.24) is 30.6 Å². The van der Waals surface area contributed by atoms with Crippen LogP contribution in [0.25, 0.3) is 0 Å². The lowest BCUT2D eigenvalue weighted by atomic mass is 9.70. The summed E-state index contributed by atoms with van der Waals surface area (Å²) in [7, 11) is 2.17. The number of nitrogens with one attached hydrogen (secondary N) is 3. The van der Waals surface area contributed by atoms with Crippen LogP contribution in [0, 0.1) is 24.7 Å². The van der Waals surface area contributed by atoms with Crippen LogP contribution in [0.15, 0.2) is 4.79 Å². The first-order valence-electron chi connectivity index (χ1n) is 16.3. The minimum absolute atomic E-state index is 0.00985. The Morgan fingerprint density at radius 2 is 2.07 bits per heavy atom. The second-order valence-electron chi connectivity index (χ2n) is 13.7. The smallest absolute Gasteiger partial charge is 0.308 e. The van der Waals surface area contributed by atoms with Gasteiger partial charge in [-0.25, -0.2) is 4.98 Å². The molecule has 10 atom stereocenters. The Bertz CT molecular complexity index is 1210. The van der Waals surface area contributed by atoms with Gasteiger partial charge in [-0.15, -0.1) is 11.6 Å². The summed E-state index contributed by atoms with van der Waals surface area (Å²) in [4.78, 5) is 33.0. The van der Waals surface area contributed by atoms with Crippen molar-refractivity contribution in [3.05, 3.63) is 27.4 Å². The molecule has 240 valence electrons. The normalized spacial score (nSPS) is 37.8. The minimum atomic E-state index is -0.701. The molecule has 1 aromatic heterocycles. The third-order valence-corrected chi connectivity index (χ3v) is 12.8. The van der Waals surface area contributed by atoms with E-state index in [1.807, 2.05) is 23.3 Å². The standard InChI is InChI=1S/C31H49ClN6O4S/c1-17-12-23(29-28(34-17)25(16-43-29)31(40)41)22-13-19(32)4-7-27(22)42-11-10-38-18(2)35-26-6-5-21(14-24(26)30(38)39)37(3)15-20-8-9-33-36-20/h17,19-23,25,27-29,33-34,36H,4-16H2,1-3H3,(H,40,41). The Morgan fingerprint density at radius 1 is 1.23 bits per heavy atom. The number of alkyl halides is 1. The van der Waals surface area contributed by atoms with Gasteiger partial charge < -0.3 is 20.1 Å². The number of likely N-dealkylation sites (N-methyl/N-ethyl adjacent to an activating group) is 1. The molecule has 10 nitrogen and oxygen atoms in total. The lowest BCUT2D eigenvalue weighted by molar-refractivity contribution is -0.142. The maximum Gasteiger partial charge on any atom is 0.308 e. The average Bonchev–Trinajstić information content (AvgIpc) is 3.65. The van der Waals surface area contributed by atoms with E-state index < -0.39 is 5.97 Å². The highest BCUT2D eigenvalue weighted by Crippen LogP contribution is 2.48. The topological polar surface area (TPSA) is 121 Å². The van der Waals surface area contributed by atoms with Crippen LogP contribution in [0.2, 0.25) is 0 Å². The zero-order valence-corrected chi connectivity index (χ0v) is 27.3. The number of nitrogens with zero attached hydrogens (tertiary/aromatic N) is 3. The first-order valence-corrected chi connectivity index (χ1v) is 17.8. The Morgan fingerprint density at radius 3 is 2.84 bits per heavy atom. The molecular weight excluding hydrogens is 588 g/mol. The van der Waals surface area contributed by atoms with Crippen LogP contribution < -0.4 is 21.7 Å². The fourth-order valence-corrected chi connectivity index (χ4v) is 10.7. The molecule has 1 aromatic rings. The number of thioether (sulfide) groups is 1. The van der Waals surface area contributed by atoms with Gasteiger partial charge in [0.1, 0.15) is 5.82 Å². The third kappa shape index (κ3) is 6.83. The molecule has 0 radical (unpaired) electrons. The number of hydrogen-bond donors (Lipinski definition) is 4. The summed E-state index contributed by atoms with van der Waals surface area (Å²) in [6.45, 7) is 7.02. The van der Waals surface area contributed by atoms with Crippen molar-refractivity contribution in [2.24, 2.45) is 17.8 Å². The molecule has 0 bridgehead atoms. The van der Waals surface area contributed by atoms with E-state index in [1.54, 1.807) is 0 Å². The molecule has 0 aromatic carbocycles. The number of halogens is 1. The summed E-state index contributed by atoms with van der Waals surface area (Å²) in [6, 6.07) is 1.04. The Kier molecular flexibility index (Phi) is 10.1. The van der Waals surface area contributed by atoms with Gasteiger partial charge in [-0.05, 0) is 84.1 Å². The van der Waals surface area contributed by atoms with Gasteiger partial charge in [0.2, 0.25) is 0 Å². The van der Waals surface area contributed by atoms with E-state index >= 15 is 0 Å². The molecular formula is C31H49ClN6O4S. The highest BCUT2D eigenvalue weighted by atomic mass is 35.5. The van der Waals surface area contributed by atoms with Crippen LogP contribution in [-0.4, -0.2) is 98.9 Å². The number of piperidine rings is 1. The number of carbonyl (C=O) groups is 1. The first kappa shape index (κ1) is 31.8. The summed E-state index contributed by atoms with van der Waals surface area (Å²) in [5.74, 6) is 1.01. The number of aryl methyl sites for hydroxylation is 2. The summed E-state index contributed by atoms with van der Waals surface area (Å²) in [5, 5.41) is 13.8. The summed E-state index contributed by atoms with van der Waals surface area (Å²) < 4.78 is 8.45. The Hall–Kier alpha value is -1.21. The van der Waals surface area contributed by atoms with Gasteiger partial charge in [0.15, 0.2) is 0 Å². The second kappa shape index (κ2) is 13.6. The number of hydrogen-bond acceptors (Lipinski definition) is 9. The van der Waals surface area contributed by atoms with E-state index in [0.717, 1.165) is 81.5 Å². The van der Waals surface area contributed by atoms with Crippen LogP contribution in [0.1, 0.15) is 62.5 Å². The van der Waals surface area contributed by atoms with Crippen LogP contribution in [0.5, 0.6) is 0 Å². The molecule has 0 spiro atoms. The van der Waals surface area contributed by atoms with Crippen molar-refractivity contribution in [2.45, 2.75) is 113 Å². The van der Waals surface area contributed by atoms with Gasteiger partial charge in [0, 0.05) is 59.2 Å². The van der Waals surface area contributed by atoms with Crippen LogP contribution >= 0.6 is 23.4 Å². The summed E-state index contributed by atoms with van der Waals surface area (Å²) in [6.07, 6.45) is 7.51. The average molecular weight is 637 g/mol. The van der Waals surface area contributed by atoms with Crippen molar-refractivity contribution in [3.63, 3.8) is 0 Å². The quantitative estimate of drug-likeness (QED) is 0.300. The second-order valence-corrected chi connectivity index (χ2v) is 15.5. The molecule has 3 aliphatic heterocycles. The van der Waals surface area contributed by atoms with Gasteiger partial charge >= 0.3 is 5.97 Å². The van der Waals surface area contributed by atoms with Crippen LogP contribution in [0.4, 0.5) is 0 Å². The number of ether oxygens (including phenoxy) is 1. The molecule has 6 rings (SSSR count).